The zero-order chi connectivity index (χ0) is 21.8. The van der Waals surface area contributed by atoms with Crippen molar-refractivity contribution >= 4 is 34.3 Å². The Bertz CT molecular complexity index is 1090. The Morgan fingerprint density at radius 1 is 1.19 bits per heavy atom. The Morgan fingerprint density at radius 3 is 2.77 bits per heavy atom. The maximum atomic E-state index is 12.7. The molecule has 1 aliphatic heterocycles. The van der Waals surface area contributed by atoms with Crippen LogP contribution in [0.3, 0.4) is 0 Å². The zero-order valence-corrected chi connectivity index (χ0v) is 18.3. The molecule has 0 fully saturated rings. The summed E-state index contributed by atoms with van der Waals surface area (Å²) in [7, 11) is 0. The van der Waals surface area contributed by atoms with Gasteiger partial charge in [-0.05, 0) is 48.9 Å². The number of amides is 2. The fraction of sp³-hybridized carbons (Fsp3) is 0.333. The number of hydrogen-bond donors (Lipinski definition) is 2. The number of nitrogens with zero attached hydrogens (tertiary/aromatic N) is 1. The van der Waals surface area contributed by atoms with Gasteiger partial charge in [-0.15, -0.1) is 0 Å². The third-order valence-electron chi connectivity index (χ3n) is 5.57. The number of aromatic amines is 1. The standard InChI is InChI=1S/C24H26ClN3O3/c1-2-3-12-31-18-7-4-16(5-8-18)24(30)26-14-23(29)28-11-10-22-20(15-28)19-13-17(25)6-9-21(19)27-22/h4-9,13,27H,2-3,10-12,14-15H2,1H3,(H,26,30). The average molecular weight is 440 g/mol. The number of carbonyl (C=O) groups excluding carboxylic acids is 2. The molecule has 3 aromatic rings. The highest BCUT2D eigenvalue weighted by Crippen LogP contribution is 2.29. The average Bonchev–Trinajstić information content (AvgIpc) is 3.15. The van der Waals surface area contributed by atoms with E-state index in [1.807, 2.05) is 18.2 Å². The second-order valence-electron chi connectivity index (χ2n) is 7.75. The SMILES string of the molecule is CCCCOc1ccc(C(=O)NCC(=O)N2CCc3[nH]c4ccc(Cl)cc4c3C2)cc1. The number of rotatable bonds is 7. The van der Waals surface area contributed by atoms with Crippen molar-refractivity contribution in [3.05, 3.63) is 64.3 Å². The van der Waals surface area contributed by atoms with Gasteiger partial charge in [0, 0.05) is 52.3 Å². The number of fused-ring (bicyclic) bond motifs is 3. The van der Waals surface area contributed by atoms with E-state index >= 15 is 0 Å². The van der Waals surface area contributed by atoms with E-state index in [2.05, 4.69) is 17.2 Å². The van der Waals surface area contributed by atoms with Crippen LogP contribution in [0.25, 0.3) is 10.9 Å². The molecule has 7 heteroatoms. The van der Waals surface area contributed by atoms with Crippen LogP contribution in [0.2, 0.25) is 5.02 Å². The Balaban J connectivity index is 1.33. The second-order valence-corrected chi connectivity index (χ2v) is 8.18. The Kier molecular flexibility index (Phi) is 6.47. The number of unbranched alkanes of at least 4 members (excludes halogenated alkanes) is 1. The van der Waals surface area contributed by atoms with E-state index in [-0.39, 0.29) is 18.4 Å². The minimum atomic E-state index is -0.273. The number of ether oxygens (including phenoxy) is 1. The summed E-state index contributed by atoms with van der Waals surface area (Å²) in [6.45, 7) is 3.86. The predicted octanol–water partition coefficient (Wildman–Crippen LogP) is 4.31. The van der Waals surface area contributed by atoms with Crippen LogP contribution >= 0.6 is 11.6 Å². The van der Waals surface area contributed by atoms with Gasteiger partial charge in [-0.3, -0.25) is 9.59 Å². The van der Waals surface area contributed by atoms with E-state index in [9.17, 15) is 9.59 Å². The fourth-order valence-corrected chi connectivity index (χ4v) is 3.98. The van der Waals surface area contributed by atoms with Crippen molar-refractivity contribution in [1.82, 2.24) is 15.2 Å². The van der Waals surface area contributed by atoms with Gasteiger partial charge in [0.25, 0.3) is 5.91 Å². The van der Waals surface area contributed by atoms with Gasteiger partial charge >= 0.3 is 0 Å². The summed E-state index contributed by atoms with van der Waals surface area (Å²) in [5.74, 6) is 0.365. The first-order valence-corrected chi connectivity index (χ1v) is 11.0. The summed E-state index contributed by atoms with van der Waals surface area (Å²) in [6.07, 6.45) is 2.82. The lowest BCUT2D eigenvalue weighted by molar-refractivity contribution is -0.131. The molecule has 162 valence electrons. The van der Waals surface area contributed by atoms with Gasteiger partial charge in [0.1, 0.15) is 5.75 Å². The topological polar surface area (TPSA) is 74.4 Å². The van der Waals surface area contributed by atoms with Crippen LogP contribution in [0.1, 0.15) is 41.4 Å². The molecule has 1 aliphatic rings. The van der Waals surface area contributed by atoms with Crippen molar-refractivity contribution < 1.29 is 14.3 Å². The molecule has 2 heterocycles. The van der Waals surface area contributed by atoms with Gasteiger partial charge in [-0.2, -0.15) is 0 Å². The smallest absolute Gasteiger partial charge is 0.251 e. The number of aromatic nitrogens is 1. The van der Waals surface area contributed by atoms with Crippen LogP contribution in [-0.4, -0.2) is 41.4 Å². The molecule has 0 unspecified atom stereocenters. The van der Waals surface area contributed by atoms with E-state index in [1.54, 1.807) is 29.2 Å². The van der Waals surface area contributed by atoms with E-state index in [4.69, 9.17) is 16.3 Å². The maximum Gasteiger partial charge on any atom is 0.251 e. The summed E-state index contributed by atoms with van der Waals surface area (Å²) in [5.41, 5.74) is 3.77. The van der Waals surface area contributed by atoms with Gasteiger partial charge in [-0.25, -0.2) is 0 Å². The molecule has 4 rings (SSSR count). The van der Waals surface area contributed by atoms with Crippen LogP contribution in [-0.2, 0) is 17.8 Å². The Morgan fingerprint density at radius 2 is 2.00 bits per heavy atom. The third kappa shape index (κ3) is 4.85. The molecule has 1 aromatic heterocycles. The monoisotopic (exact) mass is 439 g/mol. The molecule has 0 saturated carbocycles. The first kappa shape index (κ1) is 21.2. The molecular weight excluding hydrogens is 414 g/mol. The van der Waals surface area contributed by atoms with Crippen molar-refractivity contribution in [2.75, 3.05) is 19.7 Å². The highest BCUT2D eigenvalue weighted by atomic mass is 35.5. The number of halogens is 1. The number of hydrogen-bond acceptors (Lipinski definition) is 3. The van der Waals surface area contributed by atoms with Crippen LogP contribution in [0.5, 0.6) is 5.75 Å². The van der Waals surface area contributed by atoms with Crippen molar-refractivity contribution in [2.24, 2.45) is 0 Å². The molecule has 2 aromatic carbocycles. The molecule has 2 amide bonds. The third-order valence-corrected chi connectivity index (χ3v) is 5.81. The quantitative estimate of drug-likeness (QED) is 0.538. The minimum absolute atomic E-state index is 0.0357. The minimum Gasteiger partial charge on any atom is -0.494 e. The number of benzene rings is 2. The predicted molar refractivity (Wildman–Crippen MR) is 122 cm³/mol. The first-order chi connectivity index (χ1) is 15.0. The normalized spacial score (nSPS) is 13.2. The molecule has 2 N–H and O–H groups in total. The molecule has 6 nitrogen and oxygen atoms in total. The summed E-state index contributed by atoms with van der Waals surface area (Å²) >= 11 is 6.15. The molecule has 0 radical (unpaired) electrons. The number of H-pyrrole nitrogens is 1. The Labute approximate surface area is 186 Å². The van der Waals surface area contributed by atoms with Gasteiger partial charge in [0.2, 0.25) is 5.91 Å². The maximum absolute atomic E-state index is 12.7. The molecule has 0 aliphatic carbocycles. The van der Waals surface area contributed by atoms with Crippen LogP contribution in [0.4, 0.5) is 0 Å². The van der Waals surface area contributed by atoms with Gasteiger partial charge < -0.3 is 19.9 Å². The molecule has 0 atom stereocenters. The molecule has 0 bridgehead atoms. The summed E-state index contributed by atoms with van der Waals surface area (Å²) in [6, 6.07) is 12.7. The van der Waals surface area contributed by atoms with Crippen molar-refractivity contribution in [2.45, 2.75) is 32.7 Å². The summed E-state index contributed by atoms with van der Waals surface area (Å²) in [5, 5.41) is 4.45. The lowest BCUT2D eigenvalue weighted by Gasteiger charge is -2.27. The molecular formula is C24H26ClN3O3. The lowest BCUT2D eigenvalue weighted by Crippen LogP contribution is -2.42. The van der Waals surface area contributed by atoms with Crippen LogP contribution < -0.4 is 10.1 Å². The van der Waals surface area contributed by atoms with E-state index in [1.165, 1.54) is 0 Å². The van der Waals surface area contributed by atoms with Gasteiger partial charge in [0.05, 0.1) is 13.2 Å². The summed E-state index contributed by atoms with van der Waals surface area (Å²) < 4.78 is 5.62. The highest BCUT2D eigenvalue weighted by Gasteiger charge is 2.24. The Hall–Kier alpha value is -2.99. The zero-order valence-electron chi connectivity index (χ0n) is 17.5. The van der Waals surface area contributed by atoms with E-state index < -0.39 is 0 Å². The second kappa shape index (κ2) is 9.43. The molecule has 0 saturated heterocycles. The van der Waals surface area contributed by atoms with Crippen molar-refractivity contribution in [3.63, 3.8) is 0 Å². The largest absolute Gasteiger partial charge is 0.494 e. The number of nitrogens with one attached hydrogen (secondary N) is 2. The first-order valence-electron chi connectivity index (χ1n) is 10.6. The highest BCUT2D eigenvalue weighted by molar-refractivity contribution is 6.31. The molecule has 31 heavy (non-hydrogen) atoms. The van der Waals surface area contributed by atoms with Gasteiger partial charge in [-0.1, -0.05) is 24.9 Å². The number of carbonyl (C=O) groups is 2. The van der Waals surface area contributed by atoms with Crippen molar-refractivity contribution in [1.29, 1.82) is 0 Å². The van der Waals surface area contributed by atoms with Gasteiger partial charge in [0.15, 0.2) is 0 Å². The van der Waals surface area contributed by atoms with E-state index in [0.29, 0.717) is 30.3 Å². The van der Waals surface area contributed by atoms with Crippen LogP contribution in [0, 0.1) is 0 Å². The fourth-order valence-electron chi connectivity index (χ4n) is 3.81. The lowest BCUT2D eigenvalue weighted by atomic mass is 10.0. The van der Waals surface area contributed by atoms with E-state index in [0.717, 1.165) is 47.2 Å². The molecule has 0 spiro atoms. The van der Waals surface area contributed by atoms with Crippen molar-refractivity contribution in [3.8, 4) is 5.75 Å². The van der Waals surface area contributed by atoms with Crippen LogP contribution in [0.15, 0.2) is 42.5 Å². The summed E-state index contributed by atoms with van der Waals surface area (Å²) in [4.78, 5) is 30.4.